The first-order valence-corrected chi connectivity index (χ1v) is 16.0. The molecule has 0 saturated heterocycles. The Morgan fingerprint density at radius 1 is 0.742 bits per heavy atom. The standard InChI is InChI=1S/C28H33NSSi/c1-29(24-17-9-8-14-21(24)20-12-6-5-7-13-20)25-18-10-15-22-23-16-11-19-26(31(2,3)4)28(23)30-27(22)25/h8-11,14-20H,5-7,12-13H2,1-4H3. The number of hydrogen-bond acceptors (Lipinski definition) is 2. The molecule has 3 heteroatoms. The first kappa shape index (κ1) is 20.8. The van der Waals surface area contributed by atoms with Crippen molar-refractivity contribution in [3.63, 3.8) is 0 Å². The van der Waals surface area contributed by atoms with E-state index in [1.54, 1.807) is 5.19 Å². The lowest BCUT2D eigenvalue weighted by Gasteiger charge is -2.29. The molecule has 5 rings (SSSR count). The Morgan fingerprint density at radius 2 is 1.39 bits per heavy atom. The first-order chi connectivity index (χ1) is 14.9. The maximum atomic E-state index is 2.46. The number of anilines is 2. The first-order valence-electron chi connectivity index (χ1n) is 11.7. The van der Waals surface area contributed by atoms with E-state index < -0.39 is 8.07 Å². The van der Waals surface area contributed by atoms with E-state index in [1.807, 2.05) is 11.3 Å². The fourth-order valence-corrected chi connectivity index (χ4v) is 9.09. The lowest BCUT2D eigenvalue weighted by molar-refractivity contribution is 0.444. The van der Waals surface area contributed by atoms with Crippen molar-refractivity contribution < 1.29 is 0 Å². The van der Waals surface area contributed by atoms with Gasteiger partial charge in [-0.3, -0.25) is 0 Å². The Balaban J connectivity index is 1.66. The highest BCUT2D eigenvalue weighted by Gasteiger charge is 2.24. The van der Waals surface area contributed by atoms with Crippen LogP contribution in [0.1, 0.15) is 43.6 Å². The van der Waals surface area contributed by atoms with Gasteiger partial charge in [-0.05, 0) is 41.6 Å². The molecule has 0 unspecified atom stereocenters. The van der Waals surface area contributed by atoms with Crippen molar-refractivity contribution in [3.8, 4) is 0 Å². The van der Waals surface area contributed by atoms with Gasteiger partial charge in [0.05, 0.1) is 18.5 Å². The normalized spacial score (nSPS) is 15.6. The average molecular weight is 444 g/mol. The number of rotatable bonds is 4. The number of para-hydroxylation sites is 1. The van der Waals surface area contributed by atoms with Crippen LogP contribution in [0.5, 0.6) is 0 Å². The second-order valence-electron chi connectivity index (χ2n) is 10.1. The third-order valence-electron chi connectivity index (χ3n) is 7.02. The van der Waals surface area contributed by atoms with Crippen molar-refractivity contribution in [2.24, 2.45) is 0 Å². The molecule has 1 fully saturated rings. The molecule has 1 nitrogen and oxygen atoms in total. The molecule has 4 aromatic rings. The predicted molar refractivity (Wildman–Crippen MR) is 143 cm³/mol. The van der Waals surface area contributed by atoms with Crippen LogP contribution in [0.4, 0.5) is 11.4 Å². The average Bonchev–Trinajstić information content (AvgIpc) is 3.17. The number of nitrogens with zero attached hydrogens (tertiary/aromatic N) is 1. The number of hydrogen-bond donors (Lipinski definition) is 0. The highest BCUT2D eigenvalue weighted by atomic mass is 32.1. The lowest BCUT2D eigenvalue weighted by Crippen LogP contribution is -2.37. The Morgan fingerprint density at radius 3 is 2.13 bits per heavy atom. The van der Waals surface area contributed by atoms with Crippen LogP contribution in [0.3, 0.4) is 0 Å². The summed E-state index contributed by atoms with van der Waals surface area (Å²) in [5.41, 5.74) is 4.25. The van der Waals surface area contributed by atoms with Gasteiger partial charge in [0.25, 0.3) is 0 Å². The minimum absolute atomic E-state index is 0.701. The summed E-state index contributed by atoms with van der Waals surface area (Å²) in [6.07, 6.45) is 6.80. The van der Waals surface area contributed by atoms with E-state index in [0.29, 0.717) is 5.92 Å². The molecule has 1 aromatic heterocycles. The van der Waals surface area contributed by atoms with Gasteiger partial charge in [-0.2, -0.15) is 0 Å². The molecular weight excluding hydrogens is 410 g/mol. The summed E-state index contributed by atoms with van der Waals surface area (Å²) in [6.45, 7) is 7.37. The molecule has 0 spiro atoms. The molecule has 0 N–H and O–H groups in total. The van der Waals surface area contributed by atoms with Crippen LogP contribution in [0, 0.1) is 0 Å². The zero-order valence-electron chi connectivity index (χ0n) is 19.2. The Kier molecular flexibility index (Phi) is 5.43. The summed E-state index contributed by atoms with van der Waals surface area (Å²) in [4.78, 5) is 2.45. The Labute approximate surface area is 191 Å². The van der Waals surface area contributed by atoms with Crippen molar-refractivity contribution in [2.45, 2.75) is 57.7 Å². The van der Waals surface area contributed by atoms with Crippen LogP contribution in [0.15, 0.2) is 60.7 Å². The molecule has 0 atom stereocenters. The van der Waals surface area contributed by atoms with Gasteiger partial charge < -0.3 is 4.90 Å². The molecule has 0 bridgehead atoms. The SMILES string of the molecule is CN(c1ccccc1C1CCCCC1)c1cccc2c1sc1c([Si](C)(C)C)cccc12. The van der Waals surface area contributed by atoms with E-state index in [4.69, 9.17) is 0 Å². The molecule has 1 aliphatic rings. The molecule has 1 saturated carbocycles. The molecule has 1 heterocycles. The number of fused-ring (bicyclic) bond motifs is 3. The number of benzene rings is 3. The molecule has 160 valence electrons. The summed E-state index contributed by atoms with van der Waals surface area (Å²) in [5, 5.41) is 4.41. The largest absolute Gasteiger partial charge is 0.343 e. The van der Waals surface area contributed by atoms with Crippen LogP contribution in [-0.4, -0.2) is 15.1 Å². The highest BCUT2D eigenvalue weighted by Crippen LogP contribution is 2.44. The quantitative estimate of drug-likeness (QED) is 0.286. The van der Waals surface area contributed by atoms with Crippen LogP contribution >= 0.6 is 11.3 Å². The second-order valence-corrected chi connectivity index (χ2v) is 16.2. The third kappa shape index (κ3) is 3.72. The van der Waals surface area contributed by atoms with Gasteiger partial charge in [0.15, 0.2) is 0 Å². The topological polar surface area (TPSA) is 3.24 Å². The Bertz CT molecular complexity index is 1230. The molecule has 1 aliphatic carbocycles. The maximum absolute atomic E-state index is 2.46. The lowest BCUT2D eigenvalue weighted by atomic mass is 9.83. The van der Waals surface area contributed by atoms with Crippen molar-refractivity contribution in [2.75, 3.05) is 11.9 Å². The molecule has 31 heavy (non-hydrogen) atoms. The summed E-state index contributed by atoms with van der Waals surface area (Å²) in [7, 11) is 0.860. The fraction of sp³-hybridized carbons (Fsp3) is 0.357. The van der Waals surface area contributed by atoms with Crippen LogP contribution in [0.25, 0.3) is 20.2 Å². The van der Waals surface area contributed by atoms with E-state index in [-0.39, 0.29) is 0 Å². The minimum Gasteiger partial charge on any atom is -0.343 e. The molecule has 0 amide bonds. The Hall–Kier alpha value is -2.10. The van der Waals surface area contributed by atoms with Crippen LogP contribution < -0.4 is 10.1 Å². The van der Waals surface area contributed by atoms with Crippen molar-refractivity contribution in [3.05, 3.63) is 66.2 Å². The van der Waals surface area contributed by atoms with Gasteiger partial charge in [0, 0.05) is 28.2 Å². The van der Waals surface area contributed by atoms with E-state index in [1.165, 1.54) is 69.2 Å². The monoisotopic (exact) mass is 443 g/mol. The number of thiophene rings is 1. The predicted octanol–water partition coefficient (Wildman–Crippen LogP) is 8.42. The minimum atomic E-state index is -1.40. The van der Waals surface area contributed by atoms with Gasteiger partial charge in [0.1, 0.15) is 0 Å². The van der Waals surface area contributed by atoms with Gasteiger partial charge in [-0.15, -0.1) is 11.3 Å². The van der Waals surface area contributed by atoms with E-state index >= 15 is 0 Å². The van der Waals surface area contributed by atoms with Gasteiger partial charge in [-0.1, -0.05) is 87.4 Å². The summed E-state index contributed by atoms with van der Waals surface area (Å²) >= 11 is 2.00. The van der Waals surface area contributed by atoms with Crippen molar-refractivity contribution in [1.29, 1.82) is 0 Å². The van der Waals surface area contributed by atoms with Crippen LogP contribution in [-0.2, 0) is 0 Å². The zero-order chi connectivity index (χ0) is 21.6. The van der Waals surface area contributed by atoms with E-state index in [9.17, 15) is 0 Å². The maximum Gasteiger partial charge on any atom is 0.0794 e. The third-order valence-corrected chi connectivity index (χ3v) is 10.5. The molecule has 0 radical (unpaired) electrons. The van der Waals surface area contributed by atoms with Gasteiger partial charge in [0.2, 0.25) is 0 Å². The van der Waals surface area contributed by atoms with Crippen LogP contribution in [0.2, 0.25) is 19.6 Å². The highest BCUT2D eigenvalue weighted by molar-refractivity contribution is 7.28. The second kappa shape index (κ2) is 8.11. The molecule has 0 aliphatic heterocycles. The van der Waals surface area contributed by atoms with Gasteiger partial charge >= 0.3 is 0 Å². The summed E-state index contributed by atoms with van der Waals surface area (Å²) in [6, 6.07) is 22.9. The summed E-state index contributed by atoms with van der Waals surface area (Å²) in [5.74, 6) is 0.701. The van der Waals surface area contributed by atoms with Crippen molar-refractivity contribution in [1.82, 2.24) is 0 Å². The van der Waals surface area contributed by atoms with E-state index in [0.717, 1.165) is 0 Å². The fourth-order valence-electron chi connectivity index (χ4n) is 5.34. The zero-order valence-corrected chi connectivity index (χ0v) is 21.1. The van der Waals surface area contributed by atoms with E-state index in [2.05, 4.69) is 92.3 Å². The summed E-state index contributed by atoms with van der Waals surface area (Å²) < 4.78 is 2.92. The molecular formula is C28H33NSSi. The molecule has 3 aromatic carbocycles. The van der Waals surface area contributed by atoms with Gasteiger partial charge in [-0.25, -0.2) is 0 Å². The van der Waals surface area contributed by atoms with Crippen molar-refractivity contribution >= 4 is 56.1 Å². The smallest absolute Gasteiger partial charge is 0.0794 e.